The maximum atomic E-state index is 11.9. The number of carbonyl (C=O) groups excluding carboxylic acids is 2. The van der Waals surface area contributed by atoms with Crippen molar-refractivity contribution < 1.29 is 14.7 Å². The van der Waals surface area contributed by atoms with E-state index in [4.69, 9.17) is 11.6 Å². The topological polar surface area (TPSA) is 96.1 Å². The van der Waals surface area contributed by atoms with Gasteiger partial charge in [-0.3, -0.25) is 4.79 Å². The van der Waals surface area contributed by atoms with Gasteiger partial charge in [0.05, 0.1) is 16.2 Å². The van der Waals surface area contributed by atoms with Crippen LogP contribution < -0.4 is 5.32 Å². The Bertz CT molecular complexity index is 1010. The lowest BCUT2D eigenvalue weighted by Crippen LogP contribution is -2.05. The molecule has 3 aromatic rings. The van der Waals surface area contributed by atoms with Gasteiger partial charge in [0.25, 0.3) is 0 Å². The highest BCUT2D eigenvalue weighted by Crippen LogP contribution is 2.38. The second kappa shape index (κ2) is 6.74. The van der Waals surface area contributed by atoms with E-state index in [-0.39, 0.29) is 17.5 Å². The van der Waals surface area contributed by atoms with Crippen molar-refractivity contribution in [1.29, 1.82) is 0 Å². The third-order valence-corrected chi connectivity index (χ3v) is 3.82. The molecule has 0 radical (unpaired) electrons. The number of amides is 2. The lowest BCUT2D eigenvalue weighted by atomic mass is 10.2. The highest BCUT2D eigenvalue weighted by atomic mass is 35.5. The average Bonchev–Trinajstić information content (AvgIpc) is 2.86. The third-order valence-electron chi connectivity index (χ3n) is 3.49. The molecule has 126 valence electrons. The van der Waals surface area contributed by atoms with Crippen LogP contribution in [0.25, 0.3) is 10.9 Å². The minimum absolute atomic E-state index is 0.0418. The summed E-state index contributed by atoms with van der Waals surface area (Å²) in [6.07, 6.45) is 0. The first-order valence-corrected chi connectivity index (χ1v) is 7.67. The van der Waals surface area contributed by atoms with E-state index in [1.807, 2.05) is 0 Å². The molecule has 0 atom stereocenters. The Balaban J connectivity index is 1.94. The van der Waals surface area contributed by atoms with Crippen LogP contribution in [0.1, 0.15) is 11.7 Å². The van der Waals surface area contributed by atoms with E-state index in [9.17, 15) is 14.7 Å². The second-order valence-electron chi connectivity index (χ2n) is 5.15. The fourth-order valence-electron chi connectivity index (χ4n) is 2.42. The summed E-state index contributed by atoms with van der Waals surface area (Å²) in [4.78, 5) is 23.7. The number of nitrogens with one attached hydrogen (secondary N) is 1. The summed E-state index contributed by atoms with van der Waals surface area (Å²) < 4.78 is 1.11. The van der Waals surface area contributed by atoms with Crippen molar-refractivity contribution in [3.63, 3.8) is 0 Å². The molecule has 0 aliphatic heterocycles. The van der Waals surface area contributed by atoms with Crippen LogP contribution in [0.3, 0.4) is 0 Å². The number of carbonyl (C=O) groups is 2. The smallest absolute Gasteiger partial charge is 0.364 e. The number of benzene rings is 2. The third kappa shape index (κ3) is 3.22. The van der Waals surface area contributed by atoms with Crippen molar-refractivity contribution in [2.24, 2.45) is 10.2 Å². The summed E-state index contributed by atoms with van der Waals surface area (Å²) in [6, 6.07) is 12.7. The normalized spacial score (nSPS) is 11.1. The minimum Gasteiger partial charge on any atom is -0.493 e. The highest BCUT2D eigenvalue weighted by Gasteiger charge is 2.19. The summed E-state index contributed by atoms with van der Waals surface area (Å²) in [5, 5.41) is 21.0. The lowest BCUT2D eigenvalue weighted by Gasteiger charge is -2.02. The predicted molar refractivity (Wildman–Crippen MR) is 94.9 cm³/mol. The molecule has 1 aromatic heterocycles. The molecule has 2 amide bonds. The number of hydrogen-bond donors (Lipinski definition) is 2. The van der Waals surface area contributed by atoms with Gasteiger partial charge in [0.2, 0.25) is 11.8 Å². The molecule has 0 saturated carbocycles. The molecule has 0 bridgehead atoms. The number of rotatable bonds is 2. The van der Waals surface area contributed by atoms with Gasteiger partial charge in [-0.1, -0.05) is 47.0 Å². The van der Waals surface area contributed by atoms with Crippen molar-refractivity contribution in [3.8, 4) is 5.88 Å². The molecule has 1 heterocycles. The number of hydrogen-bond acceptors (Lipinski definition) is 4. The van der Waals surface area contributed by atoms with Gasteiger partial charge in [0.1, 0.15) is 0 Å². The van der Waals surface area contributed by atoms with Crippen LogP contribution in [-0.2, 0) is 0 Å². The SMILES string of the molecule is CC(=O)n1c(O)c(N=NC(=O)Nc2ccccc2Cl)c2ccccc21. The first kappa shape index (κ1) is 16.7. The fourth-order valence-corrected chi connectivity index (χ4v) is 2.61. The Morgan fingerprint density at radius 3 is 2.52 bits per heavy atom. The molecule has 0 saturated heterocycles. The molecule has 0 unspecified atom stereocenters. The molecule has 25 heavy (non-hydrogen) atoms. The van der Waals surface area contributed by atoms with E-state index in [1.54, 1.807) is 48.5 Å². The molecule has 0 fully saturated rings. The molecule has 2 aromatic carbocycles. The van der Waals surface area contributed by atoms with Crippen molar-refractivity contribution in [1.82, 2.24) is 4.57 Å². The van der Waals surface area contributed by atoms with Crippen LogP contribution in [0.4, 0.5) is 16.2 Å². The summed E-state index contributed by atoms with van der Waals surface area (Å²) in [5.74, 6) is -0.751. The van der Waals surface area contributed by atoms with Crippen LogP contribution in [0.2, 0.25) is 5.02 Å². The summed E-state index contributed by atoms with van der Waals surface area (Å²) >= 11 is 5.96. The van der Waals surface area contributed by atoms with Crippen molar-refractivity contribution in [2.75, 3.05) is 5.32 Å². The zero-order valence-electron chi connectivity index (χ0n) is 13.1. The Kier molecular flexibility index (Phi) is 4.49. The fraction of sp³-hybridized carbons (Fsp3) is 0.0588. The molecule has 3 rings (SSSR count). The van der Waals surface area contributed by atoms with Crippen molar-refractivity contribution in [2.45, 2.75) is 6.92 Å². The number of halogens is 1. The van der Waals surface area contributed by atoms with Gasteiger partial charge in [-0.05, 0) is 18.2 Å². The maximum absolute atomic E-state index is 11.9. The van der Waals surface area contributed by atoms with Gasteiger partial charge in [-0.2, -0.15) is 0 Å². The molecular formula is C17H13ClN4O3. The van der Waals surface area contributed by atoms with Crippen LogP contribution in [0, 0.1) is 0 Å². The number of fused-ring (bicyclic) bond motifs is 1. The minimum atomic E-state index is -0.757. The van der Waals surface area contributed by atoms with E-state index in [0.29, 0.717) is 21.6 Å². The number of azo groups is 1. The first-order chi connectivity index (χ1) is 12.0. The standard InChI is InChI=1S/C17H13ClN4O3/c1-10(23)22-14-9-5-2-6-11(14)15(16(22)24)20-21-17(25)19-13-8-4-3-7-12(13)18/h2-9,24H,1H3,(H,19,25). The first-order valence-electron chi connectivity index (χ1n) is 7.29. The van der Waals surface area contributed by atoms with E-state index in [0.717, 1.165) is 4.57 Å². The zero-order valence-corrected chi connectivity index (χ0v) is 13.9. The van der Waals surface area contributed by atoms with Crippen LogP contribution in [0.15, 0.2) is 58.8 Å². The lowest BCUT2D eigenvalue weighted by molar-refractivity contribution is 0.0933. The number of anilines is 1. The number of urea groups is 1. The number of nitrogens with zero attached hydrogens (tertiary/aromatic N) is 3. The second-order valence-corrected chi connectivity index (χ2v) is 5.56. The van der Waals surface area contributed by atoms with Crippen LogP contribution in [0.5, 0.6) is 5.88 Å². The molecule has 8 heteroatoms. The predicted octanol–water partition coefficient (Wildman–Crippen LogP) is 4.98. The van der Waals surface area contributed by atoms with Crippen LogP contribution >= 0.6 is 11.6 Å². The molecular weight excluding hydrogens is 344 g/mol. The van der Waals surface area contributed by atoms with Gasteiger partial charge in [-0.25, -0.2) is 9.36 Å². The molecule has 0 aliphatic carbocycles. The quantitative estimate of drug-likeness (QED) is 0.634. The van der Waals surface area contributed by atoms with E-state index in [1.165, 1.54) is 6.92 Å². The maximum Gasteiger partial charge on any atom is 0.364 e. The number of aromatic nitrogens is 1. The Morgan fingerprint density at radius 1 is 1.12 bits per heavy atom. The van der Waals surface area contributed by atoms with Crippen molar-refractivity contribution >= 4 is 45.8 Å². The average molecular weight is 357 g/mol. The zero-order chi connectivity index (χ0) is 18.0. The van der Waals surface area contributed by atoms with Crippen LogP contribution in [-0.4, -0.2) is 21.6 Å². The highest BCUT2D eigenvalue weighted by molar-refractivity contribution is 6.33. The summed E-state index contributed by atoms with van der Waals surface area (Å²) in [6.45, 7) is 1.32. The van der Waals surface area contributed by atoms with Gasteiger partial charge in [-0.15, -0.1) is 5.11 Å². The summed E-state index contributed by atoms with van der Waals surface area (Å²) in [5.41, 5.74) is 0.913. The summed E-state index contributed by atoms with van der Waals surface area (Å²) in [7, 11) is 0. The van der Waals surface area contributed by atoms with E-state index in [2.05, 4.69) is 15.5 Å². The monoisotopic (exact) mass is 356 g/mol. The molecule has 7 nitrogen and oxygen atoms in total. The van der Waals surface area contributed by atoms with E-state index >= 15 is 0 Å². The number of para-hydroxylation sites is 2. The molecule has 0 aliphatic rings. The molecule has 0 spiro atoms. The number of aromatic hydroxyl groups is 1. The Hall–Kier alpha value is -3.19. The van der Waals surface area contributed by atoms with Gasteiger partial charge < -0.3 is 10.4 Å². The molecule has 2 N–H and O–H groups in total. The largest absolute Gasteiger partial charge is 0.493 e. The van der Waals surface area contributed by atoms with Gasteiger partial charge in [0.15, 0.2) is 5.69 Å². The van der Waals surface area contributed by atoms with E-state index < -0.39 is 6.03 Å². The Labute approximate surface area is 147 Å². The Morgan fingerprint density at radius 2 is 1.80 bits per heavy atom. The van der Waals surface area contributed by atoms with Crippen molar-refractivity contribution in [3.05, 3.63) is 53.6 Å². The van der Waals surface area contributed by atoms with Gasteiger partial charge in [0, 0.05) is 12.3 Å². The van der Waals surface area contributed by atoms with Gasteiger partial charge >= 0.3 is 6.03 Å².